The minimum absolute atomic E-state index is 0.0545. The maximum Gasteiger partial charge on any atom is 0.335 e. The fourth-order valence-electron chi connectivity index (χ4n) is 9.29. The summed E-state index contributed by atoms with van der Waals surface area (Å²) >= 11 is 0. The third-order valence-corrected chi connectivity index (χ3v) is 14.2. The quantitative estimate of drug-likeness (QED) is 0.0228. The molecule has 0 aromatic rings. The van der Waals surface area contributed by atoms with Gasteiger partial charge in [-0.25, -0.2) is 4.79 Å². The van der Waals surface area contributed by atoms with Gasteiger partial charge < -0.3 is 39.0 Å². The van der Waals surface area contributed by atoms with Crippen molar-refractivity contribution in [2.24, 2.45) is 0 Å². The molecule has 81 heavy (non-hydrogen) atoms. The molecule has 0 bridgehead atoms. The number of allylic oxidation sites excluding steroid dienone is 16. The molecule has 0 saturated carbocycles. The van der Waals surface area contributed by atoms with Crippen LogP contribution in [0.15, 0.2) is 97.2 Å². The molecule has 0 aromatic heterocycles. The van der Waals surface area contributed by atoms with Gasteiger partial charge >= 0.3 is 23.9 Å². The minimum atomic E-state index is -1.91. The van der Waals surface area contributed by atoms with Gasteiger partial charge in [0.15, 0.2) is 24.6 Å². The molecule has 6 unspecified atom stereocenters. The normalized spacial score (nSPS) is 18.4. The highest BCUT2D eigenvalue weighted by Crippen LogP contribution is 2.27. The lowest BCUT2D eigenvalue weighted by Crippen LogP contribution is -2.61. The van der Waals surface area contributed by atoms with Crippen LogP contribution in [0.25, 0.3) is 0 Å². The average molecular weight is 1140 g/mol. The summed E-state index contributed by atoms with van der Waals surface area (Å²) in [5.74, 6) is -3.18. The largest absolute Gasteiger partial charge is 0.479 e. The Kier molecular flexibility index (Phi) is 51.7. The van der Waals surface area contributed by atoms with Crippen molar-refractivity contribution in [1.29, 1.82) is 0 Å². The first-order chi connectivity index (χ1) is 39.6. The number of ether oxygens (including phenoxy) is 5. The SMILES string of the molecule is CC/C=C\C/C=C\C/C=C\C/C=C\CCCCCCC(=O)OCC(COC1OC(C(=O)O)C(O)C(O)C1OC(=O)CCCCCCCCCCCCCCCCCCC)OC(=O)CCCCCC/C=C\C/C=C\C/C=C\C/C=C\CC. The first-order valence-electron chi connectivity index (χ1n) is 32.2. The van der Waals surface area contributed by atoms with Gasteiger partial charge in [-0.1, -0.05) is 246 Å². The van der Waals surface area contributed by atoms with Crippen molar-refractivity contribution in [2.45, 2.75) is 302 Å². The predicted octanol–water partition coefficient (Wildman–Crippen LogP) is 17.2. The van der Waals surface area contributed by atoms with Crippen LogP contribution in [0, 0.1) is 0 Å². The Morgan fingerprint density at radius 1 is 0.420 bits per heavy atom. The van der Waals surface area contributed by atoms with E-state index in [1.54, 1.807) is 0 Å². The van der Waals surface area contributed by atoms with Crippen LogP contribution in [0.2, 0.25) is 0 Å². The molecule has 1 heterocycles. The zero-order valence-corrected chi connectivity index (χ0v) is 51.0. The average Bonchev–Trinajstić information content (AvgIpc) is 3.53. The molecule has 1 fully saturated rings. The molecule has 12 heteroatoms. The van der Waals surface area contributed by atoms with Crippen LogP contribution in [0.1, 0.15) is 265 Å². The van der Waals surface area contributed by atoms with E-state index in [4.69, 9.17) is 23.7 Å². The van der Waals surface area contributed by atoms with E-state index >= 15 is 0 Å². The first kappa shape index (κ1) is 74.7. The standard InChI is InChI=1S/C69H114O12/c1-4-7-10-13-16-19-22-25-28-31-34-37-40-43-46-49-52-55-61(70)77-58-60(79-62(71)56-53-50-47-44-41-38-35-32-29-26-23-20-17-14-11-8-5-2)59-78-69-67(65(74)64(73)66(81-69)68(75)76)80-63(72)57-54-51-48-45-42-39-36-33-30-27-24-21-18-15-12-9-6-3/h7-8,10-11,16-17,19-20,25-26,28-29,34-35,37-38,60,64-67,69,73-74H,4-6,9,12-15,18,21-24,27,30-33,36,39-59H2,1-3H3,(H,75,76)/b10-7-,11-8-,19-16-,20-17-,28-25-,29-26-,37-34-,38-35-. The van der Waals surface area contributed by atoms with E-state index < -0.39 is 67.3 Å². The number of hydrogen-bond donors (Lipinski definition) is 3. The second kappa shape index (κ2) is 56.1. The number of carbonyl (C=O) groups is 4. The van der Waals surface area contributed by atoms with Crippen LogP contribution in [0.4, 0.5) is 0 Å². The topological polar surface area (TPSA) is 175 Å². The van der Waals surface area contributed by atoms with Crippen LogP contribution in [0.3, 0.4) is 0 Å². The number of unbranched alkanes of at least 4 members (excludes halogenated alkanes) is 24. The van der Waals surface area contributed by atoms with Crippen molar-refractivity contribution in [3.8, 4) is 0 Å². The maximum atomic E-state index is 13.2. The Balaban J connectivity index is 2.70. The van der Waals surface area contributed by atoms with E-state index in [-0.39, 0.29) is 25.9 Å². The number of hydrogen-bond acceptors (Lipinski definition) is 11. The molecule has 1 saturated heterocycles. The molecule has 12 nitrogen and oxygen atoms in total. The van der Waals surface area contributed by atoms with Crippen LogP contribution in [0.5, 0.6) is 0 Å². The fraction of sp³-hybridized carbons (Fsp3) is 0.710. The van der Waals surface area contributed by atoms with E-state index in [0.29, 0.717) is 19.3 Å². The number of carboxylic acid groups (broad SMARTS) is 1. The number of aliphatic hydroxyl groups excluding tert-OH is 2. The summed E-state index contributed by atoms with van der Waals surface area (Å²) in [6.07, 6.45) is 62.2. The Morgan fingerprint density at radius 3 is 1.19 bits per heavy atom. The van der Waals surface area contributed by atoms with Gasteiger partial charge in [0.25, 0.3) is 0 Å². The van der Waals surface area contributed by atoms with E-state index in [0.717, 1.165) is 128 Å². The van der Waals surface area contributed by atoms with Gasteiger partial charge in [0, 0.05) is 19.3 Å². The summed E-state index contributed by atoms with van der Waals surface area (Å²) in [5.41, 5.74) is 0. The van der Waals surface area contributed by atoms with E-state index in [9.17, 15) is 34.5 Å². The zero-order valence-electron chi connectivity index (χ0n) is 51.0. The van der Waals surface area contributed by atoms with Crippen molar-refractivity contribution in [2.75, 3.05) is 13.2 Å². The van der Waals surface area contributed by atoms with Gasteiger partial charge in [-0.2, -0.15) is 0 Å². The van der Waals surface area contributed by atoms with Crippen LogP contribution in [-0.4, -0.2) is 89.2 Å². The smallest absolute Gasteiger partial charge is 0.335 e. The van der Waals surface area contributed by atoms with Gasteiger partial charge in [0.1, 0.15) is 18.8 Å². The van der Waals surface area contributed by atoms with E-state index in [1.165, 1.54) is 77.0 Å². The van der Waals surface area contributed by atoms with Gasteiger partial charge in [-0.3, -0.25) is 14.4 Å². The number of rotatable bonds is 54. The molecule has 1 aliphatic heterocycles. The molecule has 0 spiro atoms. The van der Waals surface area contributed by atoms with Crippen molar-refractivity contribution in [1.82, 2.24) is 0 Å². The molecule has 3 N–H and O–H groups in total. The highest BCUT2D eigenvalue weighted by molar-refractivity contribution is 5.74. The maximum absolute atomic E-state index is 13.2. The molecule has 1 aliphatic rings. The minimum Gasteiger partial charge on any atom is -0.479 e. The Bertz CT molecular complexity index is 1780. The second-order valence-corrected chi connectivity index (χ2v) is 21.6. The van der Waals surface area contributed by atoms with Crippen LogP contribution < -0.4 is 0 Å². The molecular formula is C69H114O12. The zero-order chi connectivity index (χ0) is 58.9. The molecule has 0 amide bonds. The number of carboxylic acids is 1. The van der Waals surface area contributed by atoms with Gasteiger partial charge in [-0.15, -0.1) is 0 Å². The monoisotopic (exact) mass is 1130 g/mol. The van der Waals surface area contributed by atoms with Crippen molar-refractivity contribution < 1.29 is 58.2 Å². The van der Waals surface area contributed by atoms with Crippen molar-refractivity contribution in [3.05, 3.63) is 97.2 Å². The fourth-order valence-corrected chi connectivity index (χ4v) is 9.29. The summed E-state index contributed by atoms with van der Waals surface area (Å²) in [7, 11) is 0. The molecule has 0 aliphatic carbocycles. The van der Waals surface area contributed by atoms with E-state index in [2.05, 4.69) is 118 Å². The molecule has 1 rings (SSSR count). The molecule has 462 valence electrons. The third-order valence-electron chi connectivity index (χ3n) is 14.2. The molecule has 0 aromatic carbocycles. The number of carbonyl (C=O) groups excluding carboxylic acids is 3. The third kappa shape index (κ3) is 45.8. The first-order valence-corrected chi connectivity index (χ1v) is 32.2. The summed E-state index contributed by atoms with van der Waals surface area (Å²) in [4.78, 5) is 51.3. The summed E-state index contributed by atoms with van der Waals surface area (Å²) in [6, 6.07) is 0. The molecular weight excluding hydrogens is 1020 g/mol. The lowest BCUT2D eigenvalue weighted by atomic mass is 9.98. The van der Waals surface area contributed by atoms with Crippen molar-refractivity contribution >= 4 is 23.9 Å². The van der Waals surface area contributed by atoms with Gasteiger partial charge in [-0.05, 0) is 96.3 Å². The van der Waals surface area contributed by atoms with Crippen molar-refractivity contribution in [3.63, 3.8) is 0 Å². The number of aliphatic hydroxyl groups is 2. The van der Waals surface area contributed by atoms with Gasteiger partial charge in [0.05, 0.1) is 6.61 Å². The summed E-state index contributed by atoms with van der Waals surface area (Å²) < 4.78 is 28.5. The molecule has 6 atom stereocenters. The Labute approximate surface area is 492 Å². The Morgan fingerprint density at radius 2 is 0.778 bits per heavy atom. The predicted molar refractivity (Wildman–Crippen MR) is 331 cm³/mol. The summed E-state index contributed by atoms with van der Waals surface area (Å²) in [6.45, 7) is 5.75. The Hall–Kier alpha value is -4.36. The number of aliphatic carboxylic acids is 1. The second-order valence-electron chi connectivity index (χ2n) is 21.6. The summed E-state index contributed by atoms with van der Waals surface area (Å²) in [5, 5.41) is 31.6. The van der Waals surface area contributed by atoms with Crippen LogP contribution in [-0.2, 0) is 42.9 Å². The highest BCUT2D eigenvalue weighted by atomic mass is 16.7. The molecule has 0 radical (unpaired) electrons. The lowest BCUT2D eigenvalue weighted by molar-refractivity contribution is -0.301. The highest BCUT2D eigenvalue weighted by Gasteiger charge is 2.50. The van der Waals surface area contributed by atoms with E-state index in [1.807, 2.05) is 0 Å². The lowest BCUT2D eigenvalue weighted by Gasteiger charge is -2.40. The number of esters is 3. The van der Waals surface area contributed by atoms with Crippen LogP contribution >= 0.6 is 0 Å². The van der Waals surface area contributed by atoms with Gasteiger partial charge in [0.2, 0.25) is 0 Å².